The first-order chi connectivity index (χ1) is 14.7. The Morgan fingerprint density at radius 2 is 1.90 bits per heavy atom. The molecule has 4 aromatic rings. The van der Waals surface area contributed by atoms with Gasteiger partial charge in [-0.2, -0.15) is 5.10 Å². The van der Waals surface area contributed by atoms with E-state index in [1.165, 1.54) is 12.5 Å². The van der Waals surface area contributed by atoms with Crippen LogP contribution in [0.1, 0.15) is 17.3 Å². The molecule has 3 heterocycles. The monoisotopic (exact) mass is 401 g/mol. The van der Waals surface area contributed by atoms with Gasteiger partial charge in [-0.1, -0.05) is 0 Å². The largest absolute Gasteiger partial charge is 0.478 e. The molecule has 1 aromatic carbocycles. The maximum absolute atomic E-state index is 12.4. The van der Waals surface area contributed by atoms with E-state index in [2.05, 4.69) is 30.7 Å². The lowest BCUT2D eigenvalue weighted by molar-refractivity contribution is 0.102. The lowest BCUT2D eigenvalue weighted by Crippen LogP contribution is -2.12. The van der Waals surface area contributed by atoms with Crippen LogP contribution in [0.4, 0.5) is 17.2 Å². The Bertz CT molecular complexity index is 1110. The topological polar surface area (TPSA) is 107 Å². The number of nitrogens with zero attached hydrogens (tertiary/aromatic N) is 5. The summed E-state index contributed by atoms with van der Waals surface area (Å²) in [6, 6.07) is 14.3. The SMILES string of the molecule is CCOc1ccc(C(=O)Nc2ccc(Nc3cc(-n4cccn4)ncn3)cc2)cn1. The van der Waals surface area contributed by atoms with E-state index in [9.17, 15) is 4.79 Å². The van der Waals surface area contributed by atoms with Crippen LogP contribution in [-0.4, -0.2) is 37.2 Å². The van der Waals surface area contributed by atoms with Crippen molar-refractivity contribution in [2.24, 2.45) is 0 Å². The third-order valence-corrected chi connectivity index (χ3v) is 4.10. The fourth-order valence-corrected chi connectivity index (χ4v) is 2.68. The van der Waals surface area contributed by atoms with Crippen molar-refractivity contribution >= 4 is 23.1 Å². The smallest absolute Gasteiger partial charge is 0.257 e. The van der Waals surface area contributed by atoms with Crippen molar-refractivity contribution in [1.82, 2.24) is 24.7 Å². The van der Waals surface area contributed by atoms with Crippen molar-refractivity contribution in [1.29, 1.82) is 0 Å². The number of pyridine rings is 1. The van der Waals surface area contributed by atoms with E-state index in [0.29, 0.717) is 35.4 Å². The van der Waals surface area contributed by atoms with Gasteiger partial charge in [0.2, 0.25) is 5.88 Å². The summed E-state index contributed by atoms with van der Waals surface area (Å²) in [5, 5.41) is 10.2. The van der Waals surface area contributed by atoms with Crippen LogP contribution < -0.4 is 15.4 Å². The number of aromatic nitrogens is 5. The summed E-state index contributed by atoms with van der Waals surface area (Å²) in [6.45, 7) is 2.41. The van der Waals surface area contributed by atoms with Crippen LogP contribution in [0.3, 0.4) is 0 Å². The van der Waals surface area contributed by atoms with Crippen molar-refractivity contribution in [2.75, 3.05) is 17.2 Å². The van der Waals surface area contributed by atoms with Gasteiger partial charge in [-0.25, -0.2) is 19.6 Å². The highest BCUT2D eigenvalue weighted by atomic mass is 16.5. The third kappa shape index (κ3) is 4.58. The third-order valence-electron chi connectivity index (χ3n) is 4.10. The van der Waals surface area contributed by atoms with Gasteiger partial charge in [-0.15, -0.1) is 0 Å². The number of carbonyl (C=O) groups is 1. The Morgan fingerprint density at radius 1 is 1.07 bits per heavy atom. The number of hydrogen-bond acceptors (Lipinski definition) is 7. The Balaban J connectivity index is 1.39. The molecule has 30 heavy (non-hydrogen) atoms. The molecule has 0 aliphatic carbocycles. The molecule has 0 fully saturated rings. The molecule has 0 unspecified atom stereocenters. The molecule has 0 spiro atoms. The minimum Gasteiger partial charge on any atom is -0.478 e. The van der Waals surface area contributed by atoms with Crippen LogP contribution in [0.5, 0.6) is 5.88 Å². The first-order valence-corrected chi connectivity index (χ1v) is 9.30. The van der Waals surface area contributed by atoms with E-state index in [4.69, 9.17) is 4.74 Å². The lowest BCUT2D eigenvalue weighted by atomic mass is 10.2. The zero-order valence-electron chi connectivity index (χ0n) is 16.2. The van der Waals surface area contributed by atoms with Gasteiger partial charge in [-0.3, -0.25) is 4.79 Å². The lowest BCUT2D eigenvalue weighted by Gasteiger charge is -2.09. The van der Waals surface area contributed by atoms with Gasteiger partial charge in [0.15, 0.2) is 5.82 Å². The fourth-order valence-electron chi connectivity index (χ4n) is 2.68. The molecule has 9 heteroatoms. The number of anilines is 3. The van der Waals surface area contributed by atoms with Crippen LogP contribution in [-0.2, 0) is 0 Å². The van der Waals surface area contributed by atoms with Gasteiger partial charge in [-0.05, 0) is 43.3 Å². The van der Waals surface area contributed by atoms with Crippen LogP contribution in [0, 0.1) is 0 Å². The molecular weight excluding hydrogens is 382 g/mol. The number of carbonyl (C=O) groups excluding carboxylic acids is 1. The normalized spacial score (nSPS) is 10.4. The van der Waals surface area contributed by atoms with Crippen LogP contribution >= 0.6 is 0 Å². The predicted octanol–water partition coefficient (Wildman–Crippen LogP) is 3.45. The van der Waals surface area contributed by atoms with E-state index in [-0.39, 0.29) is 5.91 Å². The molecule has 4 rings (SSSR count). The standard InChI is InChI=1S/C21H19N7O2/c1-2-30-20-9-4-15(13-22-20)21(29)27-17-7-5-16(6-8-17)26-18-12-19(24-14-23-18)28-11-3-10-25-28/h3-14H,2H2,1H3,(H,27,29)(H,23,24,26). The number of ether oxygens (including phenoxy) is 1. The van der Waals surface area contributed by atoms with Crippen molar-refractivity contribution in [3.05, 3.63) is 79.0 Å². The highest BCUT2D eigenvalue weighted by Gasteiger charge is 2.08. The Hall–Kier alpha value is -4.27. The Morgan fingerprint density at radius 3 is 2.60 bits per heavy atom. The molecular formula is C21H19N7O2. The molecule has 9 nitrogen and oxygen atoms in total. The summed E-state index contributed by atoms with van der Waals surface area (Å²) < 4.78 is 6.94. The second-order valence-electron chi connectivity index (χ2n) is 6.19. The highest BCUT2D eigenvalue weighted by Crippen LogP contribution is 2.19. The quantitative estimate of drug-likeness (QED) is 0.488. The first-order valence-electron chi connectivity index (χ1n) is 9.30. The summed E-state index contributed by atoms with van der Waals surface area (Å²) in [5.74, 6) is 1.54. The second kappa shape index (κ2) is 8.82. The summed E-state index contributed by atoms with van der Waals surface area (Å²) >= 11 is 0. The van der Waals surface area contributed by atoms with Crippen LogP contribution in [0.25, 0.3) is 5.82 Å². The molecule has 1 amide bonds. The summed E-state index contributed by atoms with van der Waals surface area (Å²) in [7, 11) is 0. The van der Waals surface area contributed by atoms with E-state index in [1.54, 1.807) is 41.2 Å². The number of benzene rings is 1. The zero-order chi connectivity index (χ0) is 20.8. The molecule has 0 bridgehead atoms. The molecule has 0 aliphatic rings. The minimum absolute atomic E-state index is 0.245. The van der Waals surface area contributed by atoms with E-state index < -0.39 is 0 Å². The van der Waals surface area contributed by atoms with Crippen molar-refractivity contribution in [2.45, 2.75) is 6.92 Å². The fraction of sp³-hybridized carbons (Fsp3) is 0.0952. The number of nitrogens with one attached hydrogen (secondary N) is 2. The molecule has 0 saturated heterocycles. The Labute approximate surface area is 172 Å². The molecule has 3 aromatic heterocycles. The van der Waals surface area contributed by atoms with Crippen molar-refractivity contribution in [3.63, 3.8) is 0 Å². The van der Waals surface area contributed by atoms with Crippen LogP contribution in [0.2, 0.25) is 0 Å². The van der Waals surface area contributed by atoms with Gasteiger partial charge in [0, 0.05) is 42.1 Å². The maximum Gasteiger partial charge on any atom is 0.257 e. The van der Waals surface area contributed by atoms with Gasteiger partial charge < -0.3 is 15.4 Å². The van der Waals surface area contributed by atoms with E-state index in [1.807, 2.05) is 31.3 Å². The van der Waals surface area contributed by atoms with Gasteiger partial charge in [0.1, 0.15) is 12.1 Å². The molecule has 0 atom stereocenters. The van der Waals surface area contributed by atoms with E-state index in [0.717, 1.165) is 5.69 Å². The summed E-state index contributed by atoms with van der Waals surface area (Å²) in [5.41, 5.74) is 1.94. The Kier molecular flexibility index (Phi) is 5.61. The number of amides is 1. The molecule has 0 saturated carbocycles. The number of hydrogen-bond donors (Lipinski definition) is 2. The maximum atomic E-state index is 12.4. The van der Waals surface area contributed by atoms with Crippen molar-refractivity contribution < 1.29 is 9.53 Å². The van der Waals surface area contributed by atoms with Crippen LogP contribution in [0.15, 0.2) is 73.4 Å². The highest BCUT2D eigenvalue weighted by molar-refractivity contribution is 6.04. The average Bonchev–Trinajstić information content (AvgIpc) is 3.31. The zero-order valence-corrected chi connectivity index (χ0v) is 16.2. The molecule has 2 N–H and O–H groups in total. The predicted molar refractivity (Wildman–Crippen MR) is 112 cm³/mol. The second-order valence-corrected chi connectivity index (χ2v) is 6.19. The molecule has 0 radical (unpaired) electrons. The van der Waals surface area contributed by atoms with Crippen molar-refractivity contribution in [3.8, 4) is 11.7 Å². The van der Waals surface area contributed by atoms with E-state index >= 15 is 0 Å². The van der Waals surface area contributed by atoms with Gasteiger partial charge in [0.05, 0.1) is 12.2 Å². The summed E-state index contributed by atoms with van der Waals surface area (Å²) in [6.07, 6.45) is 6.45. The average molecular weight is 401 g/mol. The molecule has 150 valence electrons. The van der Waals surface area contributed by atoms with Gasteiger partial charge in [0.25, 0.3) is 5.91 Å². The minimum atomic E-state index is -0.245. The van der Waals surface area contributed by atoms with Gasteiger partial charge >= 0.3 is 0 Å². The summed E-state index contributed by atoms with van der Waals surface area (Å²) in [4.78, 5) is 24.9. The number of rotatable bonds is 7. The first kappa shape index (κ1) is 19.1. The molecule has 0 aliphatic heterocycles.